The van der Waals surface area contributed by atoms with Crippen molar-refractivity contribution in [3.8, 4) is 5.75 Å². The minimum absolute atomic E-state index is 0.0580. The number of aromatic nitrogens is 1. The van der Waals surface area contributed by atoms with Crippen molar-refractivity contribution < 1.29 is 22.7 Å². The molecule has 214 valence electrons. The molecule has 2 aromatic carbocycles. The topological polar surface area (TPSA) is 110 Å². The molecule has 1 amide bonds. The Morgan fingerprint density at radius 3 is 2.60 bits per heavy atom. The Hall–Kier alpha value is -2.47. The molecule has 3 aromatic rings. The number of nitrogens with one attached hydrogen (secondary N) is 2. The summed E-state index contributed by atoms with van der Waals surface area (Å²) in [6.07, 6.45) is 0.451. The molecule has 0 unspecified atom stereocenters. The van der Waals surface area contributed by atoms with Crippen LogP contribution in [0.15, 0.2) is 41.3 Å². The Morgan fingerprint density at radius 1 is 1.15 bits per heavy atom. The van der Waals surface area contributed by atoms with E-state index in [4.69, 9.17) is 32.7 Å². The quantitative estimate of drug-likeness (QED) is 0.418. The zero-order valence-electron chi connectivity index (χ0n) is 22.4. The van der Waals surface area contributed by atoms with Crippen LogP contribution in [-0.2, 0) is 26.2 Å². The Morgan fingerprint density at radius 2 is 1.88 bits per heavy atom. The zero-order valence-corrected chi connectivity index (χ0v) is 24.8. The van der Waals surface area contributed by atoms with E-state index in [1.807, 2.05) is 32.0 Å². The van der Waals surface area contributed by atoms with Crippen molar-refractivity contribution in [2.45, 2.75) is 43.7 Å². The number of carbonyl (C=O) groups is 1. The molecule has 0 spiro atoms. The molecule has 12 heteroatoms. The summed E-state index contributed by atoms with van der Waals surface area (Å²) in [6.45, 7) is 6.71. The van der Waals surface area contributed by atoms with E-state index in [-0.39, 0.29) is 53.5 Å². The van der Waals surface area contributed by atoms with Crippen molar-refractivity contribution in [2.75, 3.05) is 39.4 Å². The van der Waals surface area contributed by atoms with Crippen LogP contribution < -0.4 is 14.8 Å². The van der Waals surface area contributed by atoms with E-state index >= 15 is 0 Å². The van der Waals surface area contributed by atoms with E-state index in [0.717, 1.165) is 16.6 Å². The number of nitrogens with zero attached hydrogens (tertiary/aromatic N) is 2. The average Bonchev–Trinajstić information content (AvgIpc) is 2.93. The van der Waals surface area contributed by atoms with Gasteiger partial charge in [0, 0.05) is 61.1 Å². The van der Waals surface area contributed by atoms with Crippen LogP contribution in [0.25, 0.3) is 10.9 Å². The van der Waals surface area contributed by atoms with E-state index in [9.17, 15) is 13.2 Å². The van der Waals surface area contributed by atoms with Crippen molar-refractivity contribution in [3.63, 3.8) is 0 Å². The fraction of sp³-hybridized carbons (Fsp3) is 0.429. The number of aryl methyl sites for hydroxylation is 2. The lowest BCUT2D eigenvalue weighted by Crippen LogP contribution is -2.63. The van der Waals surface area contributed by atoms with Gasteiger partial charge < -0.3 is 19.7 Å². The smallest absolute Gasteiger partial charge is 0.244 e. The third kappa shape index (κ3) is 5.79. The van der Waals surface area contributed by atoms with Gasteiger partial charge in [-0.1, -0.05) is 35.3 Å². The Labute approximate surface area is 244 Å². The molecule has 5 rings (SSSR count). The summed E-state index contributed by atoms with van der Waals surface area (Å²) in [5.41, 5.74) is 1.63. The summed E-state index contributed by atoms with van der Waals surface area (Å²) in [5.74, 6) is 0.286. The highest BCUT2D eigenvalue weighted by molar-refractivity contribution is 7.89. The van der Waals surface area contributed by atoms with Crippen LogP contribution in [0.3, 0.4) is 0 Å². The summed E-state index contributed by atoms with van der Waals surface area (Å²) in [6, 6.07) is 10.5. The molecular weight excluding hydrogens is 575 g/mol. The van der Waals surface area contributed by atoms with Crippen LogP contribution in [0, 0.1) is 13.8 Å². The van der Waals surface area contributed by atoms with Crippen molar-refractivity contribution in [1.29, 1.82) is 0 Å². The van der Waals surface area contributed by atoms with Gasteiger partial charge in [-0.2, -0.15) is 4.72 Å². The second-order valence-electron chi connectivity index (χ2n) is 10.2. The van der Waals surface area contributed by atoms with Gasteiger partial charge in [-0.15, -0.1) is 0 Å². The first-order chi connectivity index (χ1) is 19.1. The van der Waals surface area contributed by atoms with Crippen LogP contribution >= 0.6 is 23.2 Å². The van der Waals surface area contributed by atoms with Crippen molar-refractivity contribution >= 4 is 50.0 Å². The minimum Gasteiger partial charge on any atom is -0.487 e. The lowest BCUT2D eigenvalue weighted by Gasteiger charge is -2.41. The standard InChI is InChI=1S/C28H32Cl2N4O5S/c1-18-16-19(2)32-26-20(18)4-3-5-23(26)39-17-21-22(29)6-7-24(25(21)30)40(36,37)33-28(8-14-38-15-9-28)27(35)34-12-10-31-11-13-34/h3-7,16,31,33H,8-15,17H2,1-2H3. The number of hydrogen-bond acceptors (Lipinski definition) is 7. The first-order valence-electron chi connectivity index (χ1n) is 13.2. The summed E-state index contributed by atoms with van der Waals surface area (Å²) in [4.78, 5) is 19.8. The van der Waals surface area contributed by atoms with E-state index in [1.54, 1.807) is 11.0 Å². The first kappa shape index (κ1) is 29.0. The highest BCUT2D eigenvalue weighted by Crippen LogP contribution is 2.35. The van der Waals surface area contributed by atoms with Gasteiger partial charge in [-0.05, 0) is 56.5 Å². The molecule has 3 heterocycles. The Balaban J connectivity index is 1.44. The number of halogens is 2. The molecule has 2 aliphatic heterocycles. The van der Waals surface area contributed by atoms with E-state index in [0.29, 0.717) is 43.0 Å². The van der Waals surface area contributed by atoms with Crippen LogP contribution in [0.1, 0.15) is 29.7 Å². The molecule has 2 aliphatic rings. The van der Waals surface area contributed by atoms with Crippen molar-refractivity contribution in [1.82, 2.24) is 19.9 Å². The van der Waals surface area contributed by atoms with Crippen LogP contribution in [-0.4, -0.2) is 69.1 Å². The second-order valence-corrected chi connectivity index (χ2v) is 12.6. The van der Waals surface area contributed by atoms with Crippen LogP contribution in [0.4, 0.5) is 0 Å². The lowest BCUT2D eigenvalue weighted by atomic mass is 9.89. The minimum atomic E-state index is -4.23. The van der Waals surface area contributed by atoms with Gasteiger partial charge in [0.2, 0.25) is 15.9 Å². The SMILES string of the molecule is Cc1cc(C)c2cccc(OCc3c(Cl)ccc(S(=O)(=O)NC4(C(=O)N5CCNCC5)CCOCC4)c3Cl)c2n1. The van der Waals surface area contributed by atoms with E-state index in [2.05, 4.69) is 15.0 Å². The lowest BCUT2D eigenvalue weighted by molar-refractivity contribution is -0.142. The summed E-state index contributed by atoms with van der Waals surface area (Å²) >= 11 is 13.2. The van der Waals surface area contributed by atoms with E-state index in [1.165, 1.54) is 12.1 Å². The van der Waals surface area contributed by atoms with Crippen molar-refractivity contribution in [3.05, 3.63) is 63.3 Å². The van der Waals surface area contributed by atoms with Crippen LogP contribution in [0.2, 0.25) is 10.0 Å². The fourth-order valence-electron chi connectivity index (χ4n) is 5.30. The zero-order chi connectivity index (χ0) is 28.5. The summed E-state index contributed by atoms with van der Waals surface area (Å²) in [5, 5.41) is 4.38. The number of ether oxygens (including phenoxy) is 2. The van der Waals surface area contributed by atoms with E-state index < -0.39 is 15.6 Å². The van der Waals surface area contributed by atoms with Crippen LogP contribution in [0.5, 0.6) is 5.75 Å². The molecule has 0 aliphatic carbocycles. The molecule has 40 heavy (non-hydrogen) atoms. The molecule has 9 nitrogen and oxygen atoms in total. The normalized spacial score (nSPS) is 17.6. The molecule has 0 atom stereocenters. The molecule has 0 radical (unpaired) electrons. The van der Waals surface area contributed by atoms with Gasteiger partial charge in [0.15, 0.2) is 0 Å². The van der Waals surface area contributed by atoms with Gasteiger partial charge in [-0.25, -0.2) is 13.4 Å². The van der Waals surface area contributed by atoms with Gasteiger partial charge in [0.1, 0.15) is 28.3 Å². The molecule has 2 saturated heterocycles. The Bertz CT molecular complexity index is 1540. The average molecular weight is 608 g/mol. The molecule has 2 N–H and O–H groups in total. The predicted octanol–water partition coefficient (Wildman–Crippen LogP) is 4.00. The molecule has 2 fully saturated rings. The summed E-state index contributed by atoms with van der Waals surface area (Å²) < 4.78 is 41.9. The largest absolute Gasteiger partial charge is 0.487 e. The third-order valence-electron chi connectivity index (χ3n) is 7.44. The number of sulfonamides is 1. The maximum Gasteiger partial charge on any atom is 0.244 e. The number of carbonyl (C=O) groups excluding carboxylic acids is 1. The number of para-hydroxylation sites is 1. The van der Waals surface area contributed by atoms with Gasteiger partial charge in [-0.3, -0.25) is 4.79 Å². The molecule has 0 saturated carbocycles. The molecular formula is C28H32Cl2N4O5S. The van der Waals surface area contributed by atoms with Gasteiger partial charge >= 0.3 is 0 Å². The molecule has 0 bridgehead atoms. The highest BCUT2D eigenvalue weighted by Gasteiger charge is 2.46. The fourth-order valence-corrected chi connectivity index (χ4v) is 7.61. The third-order valence-corrected chi connectivity index (χ3v) is 9.92. The first-order valence-corrected chi connectivity index (χ1v) is 15.4. The summed E-state index contributed by atoms with van der Waals surface area (Å²) in [7, 11) is -4.23. The maximum atomic E-state index is 13.8. The number of hydrogen-bond donors (Lipinski definition) is 2. The number of benzene rings is 2. The number of piperazine rings is 1. The maximum absolute atomic E-state index is 13.8. The monoisotopic (exact) mass is 606 g/mol. The predicted molar refractivity (Wildman–Crippen MR) is 155 cm³/mol. The van der Waals surface area contributed by atoms with Gasteiger partial charge in [0.05, 0.1) is 5.02 Å². The number of rotatable bonds is 7. The number of pyridine rings is 1. The second kappa shape index (κ2) is 11.8. The molecule has 1 aromatic heterocycles. The number of fused-ring (bicyclic) bond motifs is 1. The Kier molecular flexibility index (Phi) is 8.56. The van der Waals surface area contributed by atoms with Gasteiger partial charge in [0.25, 0.3) is 0 Å². The number of amides is 1. The van der Waals surface area contributed by atoms with Crippen molar-refractivity contribution in [2.24, 2.45) is 0 Å². The highest BCUT2D eigenvalue weighted by atomic mass is 35.5.